The molecule has 0 atom stereocenters. The fourth-order valence-corrected chi connectivity index (χ4v) is 2.41. The first-order valence-corrected chi connectivity index (χ1v) is 6.61. The van der Waals surface area contributed by atoms with Gasteiger partial charge in [-0.05, 0) is 30.1 Å². The Morgan fingerprint density at radius 2 is 2.18 bits per heavy atom. The predicted molar refractivity (Wildman–Crippen MR) is 72.8 cm³/mol. The maximum Gasteiger partial charge on any atom is 0.0545 e. The Morgan fingerprint density at radius 1 is 1.29 bits per heavy atom. The quantitative estimate of drug-likeness (QED) is 0.883. The van der Waals surface area contributed by atoms with Crippen molar-refractivity contribution in [1.29, 1.82) is 0 Å². The SMILES string of the molecule is CCN(Cc1ccc(N)cn1)Cc1cccs1. The van der Waals surface area contributed by atoms with E-state index >= 15 is 0 Å². The molecule has 0 aliphatic heterocycles. The second kappa shape index (κ2) is 5.80. The molecule has 0 aliphatic carbocycles. The molecule has 17 heavy (non-hydrogen) atoms. The van der Waals surface area contributed by atoms with Crippen molar-refractivity contribution >= 4 is 17.0 Å². The third-order valence-electron chi connectivity index (χ3n) is 2.64. The third kappa shape index (κ3) is 3.54. The van der Waals surface area contributed by atoms with E-state index < -0.39 is 0 Å². The normalized spacial score (nSPS) is 10.9. The Hall–Kier alpha value is -1.39. The predicted octanol–water partition coefficient (Wildman–Crippen LogP) is 2.75. The van der Waals surface area contributed by atoms with E-state index in [0.29, 0.717) is 0 Å². The summed E-state index contributed by atoms with van der Waals surface area (Å²) in [7, 11) is 0. The lowest BCUT2D eigenvalue weighted by molar-refractivity contribution is 0.270. The summed E-state index contributed by atoms with van der Waals surface area (Å²) in [5, 5.41) is 2.12. The van der Waals surface area contributed by atoms with Crippen LogP contribution in [0.1, 0.15) is 17.5 Å². The van der Waals surface area contributed by atoms with Crippen LogP contribution in [0.3, 0.4) is 0 Å². The minimum absolute atomic E-state index is 0.718. The summed E-state index contributed by atoms with van der Waals surface area (Å²) >= 11 is 1.80. The summed E-state index contributed by atoms with van der Waals surface area (Å²) in [6.07, 6.45) is 1.72. The maximum atomic E-state index is 5.63. The molecule has 0 saturated carbocycles. The highest BCUT2D eigenvalue weighted by atomic mass is 32.1. The molecule has 3 nitrogen and oxygen atoms in total. The first-order valence-electron chi connectivity index (χ1n) is 5.73. The number of hydrogen-bond donors (Lipinski definition) is 1. The van der Waals surface area contributed by atoms with Crippen LogP contribution in [-0.2, 0) is 13.1 Å². The van der Waals surface area contributed by atoms with Gasteiger partial charge in [0.05, 0.1) is 17.6 Å². The van der Waals surface area contributed by atoms with Gasteiger partial charge in [0.2, 0.25) is 0 Å². The largest absolute Gasteiger partial charge is 0.397 e. The summed E-state index contributed by atoms with van der Waals surface area (Å²) in [6.45, 7) is 5.05. The van der Waals surface area contributed by atoms with E-state index in [1.54, 1.807) is 17.5 Å². The molecule has 4 heteroatoms. The number of anilines is 1. The monoisotopic (exact) mass is 247 g/mol. The summed E-state index contributed by atoms with van der Waals surface area (Å²) in [5.41, 5.74) is 7.41. The minimum Gasteiger partial charge on any atom is -0.397 e. The van der Waals surface area contributed by atoms with Gasteiger partial charge in [-0.3, -0.25) is 9.88 Å². The fourth-order valence-electron chi connectivity index (χ4n) is 1.66. The number of rotatable bonds is 5. The molecule has 90 valence electrons. The molecule has 0 bridgehead atoms. The van der Waals surface area contributed by atoms with Crippen molar-refractivity contribution in [2.24, 2.45) is 0 Å². The molecule has 2 aromatic rings. The zero-order valence-corrected chi connectivity index (χ0v) is 10.8. The van der Waals surface area contributed by atoms with Crippen LogP contribution in [0, 0.1) is 0 Å². The van der Waals surface area contributed by atoms with Crippen molar-refractivity contribution in [1.82, 2.24) is 9.88 Å². The van der Waals surface area contributed by atoms with Crippen LogP contribution in [0.4, 0.5) is 5.69 Å². The highest BCUT2D eigenvalue weighted by Gasteiger charge is 2.06. The zero-order valence-electron chi connectivity index (χ0n) is 9.97. The van der Waals surface area contributed by atoms with Gasteiger partial charge < -0.3 is 5.73 Å². The lowest BCUT2D eigenvalue weighted by Crippen LogP contribution is -2.22. The maximum absolute atomic E-state index is 5.63. The van der Waals surface area contributed by atoms with Crippen LogP contribution in [-0.4, -0.2) is 16.4 Å². The lowest BCUT2D eigenvalue weighted by atomic mass is 10.3. The molecule has 0 unspecified atom stereocenters. The highest BCUT2D eigenvalue weighted by Crippen LogP contribution is 2.13. The molecule has 2 N–H and O–H groups in total. The van der Waals surface area contributed by atoms with Gasteiger partial charge in [-0.1, -0.05) is 13.0 Å². The van der Waals surface area contributed by atoms with Crippen LogP contribution in [0.15, 0.2) is 35.8 Å². The number of aromatic nitrogens is 1. The first-order chi connectivity index (χ1) is 8.28. The number of pyridine rings is 1. The average Bonchev–Trinajstić information content (AvgIpc) is 2.84. The Kier molecular flexibility index (Phi) is 4.12. The molecule has 2 heterocycles. The second-order valence-electron chi connectivity index (χ2n) is 3.97. The third-order valence-corrected chi connectivity index (χ3v) is 3.50. The summed E-state index contributed by atoms with van der Waals surface area (Å²) in [6, 6.07) is 8.16. The molecular weight excluding hydrogens is 230 g/mol. The topological polar surface area (TPSA) is 42.1 Å². The standard InChI is InChI=1S/C13H17N3S/c1-2-16(10-13-4-3-7-17-13)9-12-6-5-11(14)8-15-12/h3-8H,2,9-10,14H2,1H3. The van der Waals surface area contributed by atoms with Gasteiger partial charge in [0.15, 0.2) is 0 Å². The molecule has 0 spiro atoms. The second-order valence-corrected chi connectivity index (χ2v) is 5.00. The molecule has 0 radical (unpaired) electrons. The summed E-state index contributed by atoms with van der Waals surface area (Å²) < 4.78 is 0. The molecule has 0 amide bonds. The molecule has 2 rings (SSSR count). The van der Waals surface area contributed by atoms with Crippen LogP contribution in [0.2, 0.25) is 0 Å². The number of nitrogen functional groups attached to an aromatic ring is 1. The van der Waals surface area contributed by atoms with Gasteiger partial charge in [-0.2, -0.15) is 0 Å². The van der Waals surface area contributed by atoms with Crippen molar-refractivity contribution in [2.75, 3.05) is 12.3 Å². The van der Waals surface area contributed by atoms with E-state index in [-0.39, 0.29) is 0 Å². The van der Waals surface area contributed by atoms with Crippen LogP contribution in [0.5, 0.6) is 0 Å². The van der Waals surface area contributed by atoms with Gasteiger partial charge >= 0.3 is 0 Å². The van der Waals surface area contributed by atoms with Crippen molar-refractivity contribution in [2.45, 2.75) is 20.0 Å². The van der Waals surface area contributed by atoms with Crippen LogP contribution < -0.4 is 5.73 Å². The van der Waals surface area contributed by atoms with E-state index in [2.05, 4.69) is 34.3 Å². The zero-order chi connectivity index (χ0) is 12.1. The van der Waals surface area contributed by atoms with E-state index in [4.69, 9.17) is 5.73 Å². The number of nitrogens with zero attached hydrogens (tertiary/aromatic N) is 2. The van der Waals surface area contributed by atoms with Crippen LogP contribution in [0.25, 0.3) is 0 Å². The van der Waals surface area contributed by atoms with Crippen molar-refractivity contribution < 1.29 is 0 Å². The molecule has 0 aromatic carbocycles. The lowest BCUT2D eigenvalue weighted by Gasteiger charge is -2.19. The molecule has 0 saturated heterocycles. The fraction of sp³-hybridized carbons (Fsp3) is 0.308. The minimum atomic E-state index is 0.718. The van der Waals surface area contributed by atoms with Crippen LogP contribution >= 0.6 is 11.3 Å². The summed E-state index contributed by atoms with van der Waals surface area (Å²) in [5.74, 6) is 0. The molecular formula is C13H17N3S. The van der Waals surface area contributed by atoms with Crippen molar-refractivity contribution in [3.63, 3.8) is 0 Å². The van der Waals surface area contributed by atoms with Crippen molar-refractivity contribution in [3.05, 3.63) is 46.4 Å². The molecule has 0 fully saturated rings. The Bertz CT molecular complexity index is 436. The van der Waals surface area contributed by atoms with Gasteiger partial charge in [0.1, 0.15) is 0 Å². The van der Waals surface area contributed by atoms with E-state index in [1.165, 1.54) is 4.88 Å². The molecule has 0 aliphatic rings. The van der Waals surface area contributed by atoms with E-state index in [0.717, 1.165) is 31.0 Å². The number of hydrogen-bond acceptors (Lipinski definition) is 4. The van der Waals surface area contributed by atoms with Gasteiger partial charge in [0.25, 0.3) is 0 Å². The van der Waals surface area contributed by atoms with Crippen molar-refractivity contribution in [3.8, 4) is 0 Å². The number of nitrogens with two attached hydrogens (primary N) is 1. The average molecular weight is 247 g/mol. The highest BCUT2D eigenvalue weighted by molar-refractivity contribution is 7.09. The smallest absolute Gasteiger partial charge is 0.0545 e. The van der Waals surface area contributed by atoms with Gasteiger partial charge in [0, 0.05) is 18.0 Å². The van der Waals surface area contributed by atoms with Gasteiger partial charge in [-0.25, -0.2) is 0 Å². The van der Waals surface area contributed by atoms with E-state index in [1.807, 2.05) is 12.1 Å². The van der Waals surface area contributed by atoms with Gasteiger partial charge in [-0.15, -0.1) is 11.3 Å². The van der Waals surface area contributed by atoms with E-state index in [9.17, 15) is 0 Å². The molecule has 2 aromatic heterocycles. The number of thiophene rings is 1. The Labute approximate surface area is 106 Å². The Morgan fingerprint density at radius 3 is 2.76 bits per heavy atom. The first kappa shape index (κ1) is 12.1. The Balaban J connectivity index is 1.97. The summed E-state index contributed by atoms with van der Waals surface area (Å²) in [4.78, 5) is 8.09.